The number of ether oxygens (including phenoxy) is 1. The third-order valence-electron chi connectivity index (χ3n) is 4.59. The predicted octanol–water partition coefficient (Wildman–Crippen LogP) is 0.469. The zero-order chi connectivity index (χ0) is 21.6. The Kier molecular flexibility index (Phi) is 4.70. The maximum Gasteiger partial charge on any atom is 0.337 e. The van der Waals surface area contributed by atoms with E-state index in [2.05, 4.69) is 15.3 Å². The zero-order valence-corrected chi connectivity index (χ0v) is 17.0. The number of imidazole rings is 1. The summed E-state index contributed by atoms with van der Waals surface area (Å²) in [5.74, 6) is -0.878. The summed E-state index contributed by atoms with van der Waals surface area (Å²) in [6.07, 6.45) is 1.34. The molecule has 0 saturated heterocycles. The number of aromatic nitrogens is 5. The molecule has 0 aliphatic heterocycles. The SMILES string of the molecule is COC(=O)c1ccc2nc(NC(=O)Cn3cnc4c3c(=O)n(C)c(=O)n4C)sc2c1. The van der Waals surface area contributed by atoms with E-state index in [1.165, 1.54) is 48.0 Å². The normalized spacial score (nSPS) is 11.2. The van der Waals surface area contributed by atoms with Gasteiger partial charge in [0.15, 0.2) is 16.3 Å². The lowest BCUT2D eigenvalue weighted by Crippen LogP contribution is -2.37. The summed E-state index contributed by atoms with van der Waals surface area (Å²) in [5, 5.41) is 3.03. The van der Waals surface area contributed by atoms with Gasteiger partial charge in [0.1, 0.15) is 6.54 Å². The fourth-order valence-electron chi connectivity index (χ4n) is 3.05. The monoisotopic (exact) mass is 428 g/mol. The number of carbonyl (C=O) groups excluding carboxylic acids is 2. The van der Waals surface area contributed by atoms with E-state index < -0.39 is 23.1 Å². The van der Waals surface area contributed by atoms with Crippen LogP contribution in [-0.2, 0) is 30.2 Å². The number of nitrogens with zero attached hydrogens (tertiary/aromatic N) is 5. The minimum atomic E-state index is -0.534. The average molecular weight is 428 g/mol. The molecule has 0 fully saturated rings. The highest BCUT2D eigenvalue weighted by atomic mass is 32.1. The topological polar surface area (TPSA) is 130 Å². The summed E-state index contributed by atoms with van der Waals surface area (Å²) in [4.78, 5) is 57.1. The minimum Gasteiger partial charge on any atom is -0.465 e. The molecule has 0 saturated carbocycles. The molecular formula is C18H16N6O5S. The molecule has 0 radical (unpaired) electrons. The van der Waals surface area contributed by atoms with Gasteiger partial charge in [-0.25, -0.2) is 19.6 Å². The molecule has 1 amide bonds. The second-order valence-electron chi connectivity index (χ2n) is 6.49. The summed E-state index contributed by atoms with van der Waals surface area (Å²) in [7, 11) is 4.17. The molecule has 1 aromatic carbocycles. The van der Waals surface area contributed by atoms with Crippen molar-refractivity contribution in [3.63, 3.8) is 0 Å². The molecule has 0 unspecified atom stereocenters. The van der Waals surface area contributed by atoms with E-state index in [1.807, 2.05) is 0 Å². The molecule has 12 heteroatoms. The Hall–Kier alpha value is -3.80. The quantitative estimate of drug-likeness (QED) is 0.468. The van der Waals surface area contributed by atoms with E-state index in [-0.39, 0.29) is 17.7 Å². The highest BCUT2D eigenvalue weighted by Gasteiger charge is 2.17. The number of amides is 1. The van der Waals surface area contributed by atoms with Crippen molar-refractivity contribution in [2.24, 2.45) is 14.1 Å². The number of hydrogen-bond donors (Lipinski definition) is 1. The average Bonchev–Trinajstić information content (AvgIpc) is 3.32. The number of aryl methyl sites for hydroxylation is 1. The van der Waals surface area contributed by atoms with Crippen LogP contribution in [0.15, 0.2) is 34.1 Å². The Morgan fingerprint density at radius 2 is 1.97 bits per heavy atom. The maximum atomic E-state index is 12.5. The third-order valence-corrected chi connectivity index (χ3v) is 5.52. The van der Waals surface area contributed by atoms with Crippen molar-refractivity contribution in [2.75, 3.05) is 12.4 Å². The van der Waals surface area contributed by atoms with Gasteiger partial charge in [-0.15, -0.1) is 0 Å². The van der Waals surface area contributed by atoms with E-state index >= 15 is 0 Å². The van der Waals surface area contributed by atoms with E-state index in [4.69, 9.17) is 4.74 Å². The molecule has 3 heterocycles. The molecule has 4 rings (SSSR count). The van der Waals surface area contributed by atoms with Crippen LogP contribution in [0.5, 0.6) is 0 Å². The van der Waals surface area contributed by atoms with Gasteiger partial charge in [-0.3, -0.25) is 18.7 Å². The Balaban J connectivity index is 1.60. The van der Waals surface area contributed by atoms with Gasteiger partial charge in [-0.1, -0.05) is 11.3 Å². The molecule has 1 N–H and O–H groups in total. The van der Waals surface area contributed by atoms with Gasteiger partial charge in [-0.2, -0.15) is 0 Å². The fourth-order valence-corrected chi connectivity index (χ4v) is 3.97. The maximum absolute atomic E-state index is 12.5. The summed E-state index contributed by atoms with van der Waals surface area (Å²) < 4.78 is 9.01. The third kappa shape index (κ3) is 3.16. The fraction of sp³-hybridized carbons (Fsp3) is 0.222. The largest absolute Gasteiger partial charge is 0.465 e. The molecule has 0 bridgehead atoms. The van der Waals surface area contributed by atoms with Crippen molar-refractivity contribution in [1.82, 2.24) is 23.7 Å². The number of fused-ring (bicyclic) bond motifs is 2. The van der Waals surface area contributed by atoms with Gasteiger partial charge in [0, 0.05) is 14.1 Å². The van der Waals surface area contributed by atoms with E-state index in [0.29, 0.717) is 20.9 Å². The van der Waals surface area contributed by atoms with Gasteiger partial charge in [-0.05, 0) is 18.2 Å². The van der Waals surface area contributed by atoms with Crippen LogP contribution in [0.3, 0.4) is 0 Å². The number of carbonyl (C=O) groups is 2. The minimum absolute atomic E-state index is 0.154. The molecular weight excluding hydrogens is 412 g/mol. The number of hydrogen-bond acceptors (Lipinski definition) is 8. The molecule has 0 spiro atoms. The van der Waals surface area contributed by atoms with Gasteiger partial charge in [0.05, 0.1) is 29.2 Å². The molecule has 0 aliphatic carbocycles. The van der Waals surface area contributed by atoms with Gasteiger partial charge >= 0.3 is 11.7 Å². The molecule has 4 aromatic rings. The second kappa shape index (κ2) is 7.22. The van der Waals surface area contributed by atoms with Crippen LogP contribution in [0, 0.1) is 0 Å². The Morgan fingerprint density at radius 1 is 1.20 bits per heavy atom. The van der Waals surface area contributed by atoms with Crippen LogP contribution >= 0.6 is 11.3 Å². The molecule has 30 heavy (non-hydrogen) atoms. The van der Waals surface area contributed by atoms with Crippen molar-refractivity contribution in [1.29, 1.82) is 0 Å². The number of benzene rings is 1. The smallest absolute Gasteiger partial charge is 0.337 e. The first kappa shape index (κ1) is 19.5. The highest BCUT2D eigenvalue weighted by Crippen LogP contribution is 2.27. The first-order valence-corrected chi connectivity index (χ1v) is 9.51. The number of esters is 1. The van der Waals surface area contributed by atoms with Crippen LogP contribution in [-0.4, -0.2) is 42.7 Å². The molecule has 154 valence electrons. The van der Waals surface area contributed by atoms with Crippen LogP contribution in [0.4, 0.5) is 5.13 Å². The Labute approximate surface area is 172 Å². The van der Waals surface area contributed by atoms with Crippen LogP contribution in [0.2, 0.25) is 0 Å². The summed E-state index contributed by atoms with van der Waals surface area (Å²) in [5.41, 5.74) is 0.336. The van der Waals surface area contributed by atoms with E-state index in [1.54, 1.807) is 18.2 Å². The molecule has 11 nitrogen and oxygen atoms in total. The number of methoxy groups -OCH3 is 1. The standard InChI is InChI=1S/C18H16N6O5S/c1-22-14-13(15(26)23(2)18(22)28)24(8-19-14)7-12(25)21-17-20-10-5-4-9(16(27)29-3)6-11(10)30-17/h4-6,8H,7H2,1-3H3,(H,20,21,25). The molecule has 0 aliphatic rings. The van der Waals surface area contributed by atoms with E-state index in [9.17, 15) is 19.2 Å². The number of nitrogens with one attached hydrogen (secondary N) is 1. The summed E-state index contributed by atoms with van der Waals surface area (Å²) in [6, 6.07) is 4.90. The van der Waals surface area contributed by atoms with Crippen LogP contribution in [0.1, 0.15) is 10.4 Å². The predicted molar refractivity (Wildman–Crippen MR) is 110 cm³/mol. The van der Waals surface area contributed by atoms with Crippen LogP contribution < -0.4 is 16.6 Å². The summed E-state index contributed by atoms with van der Waals surface area (Å²) in [6.45, 7) is -0.187. The second-order valence-corrected chi connectivity index (χ2v) is 7.52. The Bertz CT molecular complexity index is 1440. The van der Waals surface area contributed by atoms with Crippen molar-refractivity contribution in [3.05, 3.63) is 50.9 Å². The van der Waals surface area contributed by atoms with Gasteiger partial charge in [0.25, 0.3) is 5.56 Å². The van der Waals surface area contributed by atoms with Gasteiger partial charge in [0.2, 0.25) is 5.91 Å². The highest BCUT2D eigenvalue weighted by molar-refractivity contribution is 7.22. The number of thiazole rings is 1. The van der Waals surface area contributed by atoms with Crippen molar-refractivity contribution >= 4 is 49.7 Å². The zero-order valence-electron chi connectivity index (χ0n) is 16.2. The number of rotatable bonds is 4. The van der Waals surface area contributed by atoms with E-state index in [0.717, 1.165) is 4.57 Å². The van der Waals surface area contributed by atoms with Crippen molar-refractivity contribution in [3.8, 4) is 0 Å². The summed E-state index contributed by atoms with van der Waals surface area (Å²) >= 11 is 1.21. The van der Waals surface area contributed by atoms with Crippen molar-refractivity contribution < 1.29 is 14.3 Å². The van der Waals surface area contributed by atoms with Crippen molar-refractivity contribution in [2.45, 2.75) is 6.54 Å². The molecule has 3 aromatic heterocycles. The first-order valence-electron chi connectivity index (χ1n) is 8.69. The lowest BCUT2D eigenvalue weighted by Gasteiger charge is -2.06. The first-order chi connectivity index (χ1) is 14.3. The number of anilines is 1. The molecule has 0 atom stereocenters. The lowest BCUT2D eigenvalue weighted by molar-refractivity contribution is -0.116. The van der Waals surface area contributed by atoms with Gasteiger partial charge < -0.3 is 14.6 Å². The van der Waals surface area contributed by atoms with Crippen LogP contribution in [0.25, 0.3) is 21.4 Å². The Morgan fingerprint density at radius 3 is 2.70 bits per heavy atom. The lowest BCUT2D eigenvalue weighted by atomic mass is 10.2.